The van der Waals surface area contributed by atoms with Crippen LogP contribution in [0.3, 0.4) is 0 Å². The van der Waals surface area contributed by atoms with Gasteiger partial charge in [-0.2, -0.15) is 4.31 Å². The minimum atomic E-state index is -3.51. The van der Waals surface area contributed by atoms with Gasteiger partial charge in [0.2, 0.25) is 10.0 Å². The van der Waals surface area contributed by atoms with Crippen LogP contribution in [0.1, 0.15) is 12.8 Å². The molecule has 96 valence electrons. The number of rotatable bonds is 2. The lowest BCUT2D eigenvalue weighted by molar-refractivity contribution is 0.356. The van der Waals surface area contributed by atoms with E-state index in [4.69, 9.17) is 23.2 Å². The zero-order valence-electron chi connectivity index (χ0n) is 8.70. The summed E-state index contributed by atoms with van der Waals surface area (Å²) in [7, 11) is -3.51. The third kappa shape index (κ3) is 2.98. The Kier molecular flexibility index (Phi) is 4.43. The molecular weight excluding hydrogens is 369 g/mol. The van der Waals surface area contributed by atoms with E-state index < -0.39 is 10.0 Å². The summed E-state index contributed by atoms with van der Waals surface area (Å²) in [5.41, 5.74) is 0. The van der Waals surface area contributed by atoms with Crippen molar-refractivity contribution in [2.24, 2.45) is 0 Å². The van der Waals surface area contributed by atoms with Crippen molar-refractivity contribution in [2.75, 3.05) is 13.1 Å². The Bertz CT molecular complexity index is 517. The van der Waals surface area contributed by atoms with Crippen LogP contribution in [0.2, 0.25) is 8.67 Å². The fraction of sp³-hybridized carbons (Fsp3) is 0.556. The summed E-state index contributed by atoms with van der Waals surface area (Å²) in [4.78, 5) is 0.328. The number of thiophene rings is 1. The predicted molar refractivity (Wildman–Crippen MR) is 75.0 cm³/mol. The van der Waals surface area contributed by atoms with E-state index in [0.717, 1.165) is 24.2 Å². The van der Waals surface area contributed by atoms with Gasteiger partial charge < -0.3 is 0 Å². The molecule has 1 saturated heterocycles. The van der Waals surface area contributed by atoms with Gasteiger partial charge in [0.25, 0.3) is 0 Å². The van der Waals surface area contributed by atoms with E-state index in [-0.39, 0.29) is 14.1 Å². The Morgan fingerprint density at radius 2 is 2.18 bits per heavy atom. The monoisotopic (exact) mass is 377 g/mol. The molecule has 1 fully saturated rings. The number of nitrogens with zero attached hydrogens (tertiary/aromatic N) is 1. The maximum Gasteiger partial charge on any atom is 0.245 e. The van der Waals surface area contributed by atoms with Gasteiger partial charge in [0.15, 0.2) is 0 Å². The second kappa shape index (κ2) is 5.35. The molecule has 1 aliphatic rings. The van der Waals surface area contributed by atoms with E-state index in [1.54, 1.807) is 0 Å². The molecule has 1 atom stereocenters. The first-order valence-electron chi connectivity index (χ1n) is 5.00. The lowest BCUT2D eigenvalue weighted by Gasteiger charge is -2.28. The molecule has 0 N–H and O–H groups in total. The van der Waals surface area contributed by atoms with Gasteiger partial charge in [-0.15, -0.1) is 11.3 Å². The van der Waals surface area contributed by atoms with Gasteiger partial charge in [0, 0.05) is 17.9 Å². The SMILES string of the molecule is O=S(=O)(c1cc(Cl)sc1Cl)N1CCCC(Br)C1. The van der Waals surface area contributed by atoms with Gasteiger partial charge in [-0.3, -0.25) is 0 Å². The summed E-state index contributed by atoms with van der Waals surface area (Å²) >= 11 is 16.2. The quantitative estimate of drug-likeness (QED) is 0.737. The van der Waals surface area contributed by atoms with Crippen molar-refractivity contribution in [3.8, 4) is 0 Å². The van der Waals surface area contributed by atoms with Crippen LogP contribution in [-0.4, -0.2) is 30.6 Å². The fourth-order valence-electron chi connectivity index (χ4n) is 1.75. The third-order valence-corrected chi connectivity index (χ3v) is 6.94. The van der Waals surface area contributed by atoms with E-state index in [0.29, 0.717) is 17.4 Å². The lowest BCUT2D eigenvalue weighted by Crippen LogP contribution is -2.40. The highest BCUT2D eigenvalue weighted by Crippen LogP contribution is 2.36. The second-order valence-electron chi connectivity index (χ2n) is 3.79. The molecule has 0 aromatic carbocycles. The summed E-state index contributed by atoms with van der Waals surface area (Å²) in [6.45, 7) is 1.01. The van der Waals surface area contributed by atoms with Crippen molar-refractivity contribution in [1.82, 2.24) is 4.31 Å². The molecule has 8 heteroatoms. The van der Waals surface area contributed by atoms with Crippen molar-refractivity contribution < 1.29 is 8.42 Å². The smallest absolute Gasteiger partial charge is 0.207 e. The molecule has 0 radical (unpaired) electrons. The van der Waals surface area contributed by atoms with Gasteiger partial charge in [-0.1, -0.05) is 39.1 Å². The normalized spacial score (nSPS) is 22.9. The van der Waals surface area contributed by atoms with E-state index in [1.165, 1.54) is 10.4 Å². The topological polar surface area (TPSA) is 37.4 Å². The maximum atomic E-state index is 12.3. The Labute approximate surface area is 123 Å². The van der Waals surface area contributed by atoms with Gasteiger partial charge in [-0.05, 0) is 18.9 Å². The van der Waals surface area contributed by atoms with Crippen LogP contribution in [0.25, 0.3) is 0 Å². The van der Waals surface area contributed by atoms with E-state index >= 15 is 0 Å². The van der Waals surface area contributed by atoms with Crippen LogP contribution in [0, 0.1) is 0 Å². The summed E-state index contributed by atoms with van der Waals surface area (Å²) in [6.07, 6.45) is 1.84. The van der Waals surface area contributed by atoms with Crippen LogP contribution in [0.4, 0.5) is 0 Å². The third-order valence-electron chi connectivity index (χ3n) is 2.57. The minimum absolute atomic E-state index is 0.121. The molecular formula is C9H10BrCl2NO2S2. The fourth-order valence-corrected chi connectivity index (χ4v) is 6.25. The molecule has 17 heavy (non-hydrogen) atoms. The number of piperidine rings is 1. The molecule has 2 rings (SSSR count). The highest BCUT2D eigenvalue weighted by molar-refractivity contribution is 9.09. The van der Waals surface area contributed by atoms with Crippen LogP contribution >= 0.6 is 50.5 Å². The molecule has 1 aromatic rings. The van der Waals surface area contributed by atoms with E-state index in [2.05, 4.69) is 15.9 Å². The molecule has 0 spiro atoms. The van der Waals surface area contributed by atoms with Gasteiger partial charge in [0.05, 0.1) is 4.34 Å². The molecule has 1 aromatic heterocycles. The Morgan fingerprint density at radius 1 is 1.47 bits per heavy atom. The molecule has 1 unspecified atom stereocenters. The Balaban J connectivity index is 2.33. The number of sulfonamides is 1. The standard InChI is InChI=1S/C9H10BrCl2NO2S2/c10-6-2-1-3-13(5-6)17(14,15)7-4-8(11)16-9(7)12/h4,6H,1-3,5H2. The first kappa shape index (κ1) is 14.1. The highest BCUT2D eigenvalue weighted by Gasteiger charge is 2.31. The zero-order chi connectivity index (χ0) is 12.6. The summed E-state index contributed by atoms with van der Waals surface area (Å²) < 4.78 is 26.7. The van der Waals surface area contributed by atoms with E-state index in [1.807, 2.05) is 0 Å². The highest BCUT2D eigenvalue weighted by atomic mass is 79.9. The predicted octanol–water partition coefficient (Wildman–Crippen LogP) is 3.60. The van der Waals surface area contributed by atoms with Crippen molar-refractivity contribution in [1.29, 1.82) is 0 Å². The Morgan fingerprint density at radius 3 is 2.71 bits per heavy atom. The first-order chi connectivity index (χ1) is 7.91. The summed E-state index contributed by atoms with van der Waals surface area (Å²) in [5.74, 6) is 0. The maximum absolute atomic E-state index is 12.3. The number of hydrogen-bond acceptors (Lipinski definition) is 3. The van der Waals surface area contributed by atoms with Crippen molar-refractivity contribution in [3.63, 3.8) is 0 Å². The average Bonchev–Trinajstić information content (AvgIpc) is 2.58. The largest absolute Gasteiger partial charge is 0.245 e. The molecule has 0 amide bonds. The van der Waals surface area contributed by atoms with Crippen molar-refractivity contribution in [2.45, 2.75) is 22.6 Å². The summed E-state index contributed by atoms with van der Waals surface area (Å²) in [5, 5.41) is 0. The van der Waals surface area contributed by atoms with Crippen LogP contribution in [-0.2, 0) is 10.0 Å². The van der Waals surface area contributed by atoms with Crippen LogP contribution < -0.4 is 0 Å². The van der Waals surface area contributed by atoms with E-state index in [9.17, 15) is 8.42 Å². The second-order valence-corrected chi connectivity index (χ2v) is 9.28. The van der Waals surface area contributed by atoms with Gasteiger partial charge in [0.1, 0.15) is 9.23 Å². The van der Waals surface area contributed by atoms with Gasteiger partial charge in [-0.25, -0.2) is 8.42 Å². The lowest BCUT2D eigenvalue weighted by atomic mass is 10.2. The zero-order valence-corrected chi connectivity index (χ0v) is 13.4. The van der Waals surface area contributed by atoms with Crippen LogP contribution in [0.5, 0.6) is 0 Å². The number of alkyl halides is 1. The molecule has 0 bridgehead atoms. The Hall–Kier alpha value is 0.670. The van der Waals surface area contributed by atoms with Crippen LogP contribution in [0.15, 0.2) is 11.0 Å². The molecule has 2 heterocycles. The molecule has 3 nitrogen and oxygen atoms in total. The number of hydrogen-bond donors (Lipinski definition) is 0. The van der Waals surface area contributed by atoms with Crippen molar-refractivity contribution >= 4 is 60.5 Å². The number of halogens is 3. The van der Waals surface area contributed by atoms with Crippen molar-refractivity contribution in [3.05, 3.63) is 14.7 Å². The molecule has 1 aliphatic heterocycles. The average molecular weight is 379 g/mol. The minimum Gasteiger partial charge on any atom is -0.207 e. The summed E-state index contributed by atoms with van der Waals surface area (Å²) in [6, 6.07) is 1.42. The molecule has 0 saturated carbocycles. The van der Waals surface area contributed by atoms with Gasteiger partial charge >= 0.3 is 0 Å². The molecule has 0 aliphatic carbocycles. The first-order valence-corrected chi connectivity index (χ1v) is 8.93.